The van der Waals surface area contributed by atoms with Gasteiger partial charge in [0.05, 0.1) is 11.1 Å². The van der Waals surface area contributed by atoms with Gasteiger partial charge in [0.25, 0.3) is 0 Å². The molecule has 1 aliphatic carbocycles. The van der Waals surface area contributed by atoms with Crippen molar-refractivity contribution in [2.75, 3.05) is 5.73 Å². The monoisotopic (exact) mass is 311 g/mol. The summed E-state index contributed by atoms with van der Waals surface area (Å²) in [6.07, 6.45) is 4.47. The smallest absolute Gasteiger partial charge is 0.167 e. The number of nitrogens with zero attached hydrogens (tertiary/aromatic N) is 4. The average Bonchev–Trinajstić information content (AvgIpc) is 3.15. The first-order valence-electron chi connectivity index (χ1n) is 7.68. The molecule has 0 aliphatic heterocycles. The van der Waals surface area contributed by atoms with Gasteiger partial charge in [0.15, 0.2) is 6.29 Å². The van der Waals surface area contributed by atoms with Crippen molar-refractivity contribution >= 4 is 23.1 Å². The van der Waals surface area contributed by atoms with Crippen LogP contribution in [0.5, 0.6) is 0 Å². The van der Waals surface area contributed by atoms with Crippen LogP contribution in [-0.2, 0) is 0 Å². The SMILES string of the molecule is CC(C)n1c(C=O)c(-c2cc(C3CC3)on2)c2c(N)ncnc21. The number of hydrogen-bond acceptors (Lipinski definition) is 6. The number of fused-ring (bicyclic) bond motifs is 1. The van der Waals surface area contributed by atoms with Crippen molar-refractivity contribution in [1.82, 2.24) is 19.7 Å². The van der Waals surface area contributed by atoms with E-state index in [1.54, 1.807) is 0 Å². The highest BCUT2D eigenvalue weighted by atomic mass is 16.5. The Morgan fingerprint density at radius 1 is 1.39 bits per heavy atom. The molecule has 0 radical (unpaired) electrons. The zero-order valence-corrected chi connectivity index (χ0v) is 13.0. The second kappa shape index (κ2) is 4.91. The van der Waals surface area contributed by atoms with Gasteiger partial charge in [0.2, 0.25) is 0 Å². The second-order valence-electron chi connectivity index (χ2n) is 6.19. The molecule has 3 aromatic heterocycles. The summed E-state index contributed by atoms with van der Waals surface area (Å²) >= 11 is 0. The number of hydrogen-bond donors (Lipinski definition) is 1. The lowest BCUT2D eigenvalue weighted by Gasteiger charge is -2.10. The van der Waals surface area contributed by atoms with Gasteiger partial charge in [-0.05, 0) is 26.7 Å². The Morgan fingerprint density at radius 3 is 2.83 bits per heavy atom. The summed E-state index contributed by atoms with van der Waals surface area (Å²) in [7, 11) is 0. The minimum atomic E-state index is 0.0514. The number of anilines is 1. The molecule has 0 unspecified atom stereocenters. The molecule has 3 heterocycles. The molecule has 2 N–H and O–H groups in total. The number of aromatic nitrogens is 4. The van der Waals surface area contributed by atoms with E-state index in [-0.39, 0.29) is 6.04 Å². The summed E-state index contributed by atoms with van der Waals surface area (Å²) in [5.41, 5.74) is 8.47. The fraction of sp³-hybridized carbons (Fsp3) is 0.375. The van der Waals surface area contributed by atoms with Crippen molar-refractivity contribution < 1.29 is 9.32 Å². The van der Waals surface area contributed by atoms with E-state index in [2.05, 4.69) is 15.1 Å². The zero-order chi connectivity index (χ0) is 16.1. The third kappa shape index (κ3) is 2.03. The first kappa shape index (κ1) is 13.9. The topological polar surface area (TPSA) is 99.8 Å². The van der Waals surface area contributed by atoms with Crippen LogP contribution in [0.3, 0.4) is 0 Å². The predicted octanol–water partition coefficient (Wildman–Crippen LogP) is 2.94. The van der Waals surface area contributed by atoms with E-state index < -0.39 is 0 Å². The predicted molar refractivity (Wildman–Crippen MR) is 85.2 cm³/mol. The zero-order valence-electron chi connectivity index (χ0n) is 13.0. The Bertz CT molecular complexity index is 905. The summed E-state index contributed by atoms with van der Waals surface area (Å²) in [5, 5.41) is 4.81. The van der Waals surface area contributed by atoms with E-state index in [1.807, 2.05) is 24.5 Å². The van der Waals surface area contributed by atoms with Crippen LogP contribution in [0.25, 0.3) is 22.3 Å². The van der Waals surface area contributed by atoms with Gasteiger partial charge >= 0.3 is 0 Å². The molecule has 0 atom stereocenters. The molecule has 0 aromatic carbocycles. The van der Waals surface area contributed by atoms with Crippen molar-refractivity contribution in [1.29, 1.82) is 0 Å². The summed E-state index contributed by atoms with van der Waals surface area (Å²) in [5.74, 6) is 1.64. The number of aldehydes is 1. The summed E-state index contributed by atoms with van der Waals surface area (Å²) in [6.45, 7) is 3.99. The van der Waals surface area contributed by atoms with Crippen LogP contribution in [0.15, 0.2) is 16.9 Å². The number of carbonyl (C=O) groups is 1. The number of carbonyl (C=O) groups excluding carboxylic acids is 1. The first-order valence-corrected chi connectivity index (χ1v) is 7.68. The molecule has 4 rings (SSSR count). The molecule has 0 bridgehead atoms. The minimum absolute atomic E-state index is 0.0514. The maximum absolute atomic E-state index is 11.8. The van der Waals surface area contributed by atoms with Crippen molar-refractivity contribution in [2.45, 2.75) is 38.6 Å². The van der Waals surface area contributed by atoms with Crippen LogP contribution in [0.1, 0.15) is 54.9 Å². The molecule has 1 aliphatic rings. The largest absolute Gasteiger partial charge is 0.383 e. The van der Waals surface area contributed by atoms with Crippen molar-refractivity contribution in [3.05, 3.63) is 23.8 Å². The fourth-order valence-electron chi connectivity index (χ4n) is 3.04. The second-order valence-corrected chi connectivity index (χ2v) is 6.19. The minimum Gasteiger partial charge on any atom is -0.383 e. The van der Waals surface area contributed by atoms with Crippen LogP contribution < -0.4 is 5.73 Å². The third-order valence-corrected chi connectivity index (χ3v) is 4.24. The molecule has 1 fully saturated rings. The molecule has 3 aromatic rings. The molecule has 0 amide bonds. The summed E-state index contributed by atoms with van der Waals surface area (Å²) in [4.78, 5) is 20.2. The van der Waals surface area contributed by atoms with Gasteiger partial charge in [-0.2, -0.15) is 0 Å². The van der Waals surface area contributed by atoms with Crippen molar-refractivity contribution in [3.8, 4) is 11.3 Å². The van der Waals surface area contributed by atoms with Crippen LogP contribution in [-0.4, -0.2) is 26.0 Å². The number of nitrogen functional groups attached to an aromatic ring is 1. The molecule has 1 saturated carbocycles. The Labute approximate surface area is 132 Å². The molecule has 118 valence electrons. The molecule has 0 spiro atoms. The number of rotatable bonds is 4. The van der Waals surface area contributed by atoms with Gasteiger partial charge in [-0.15, -0.1) is 0 Å². The molecule has 7 nitrogen and oxygen atoms in total. The van der Waals surface area contributed by atoms with E-state index in [0.717, 1.165) is 24.9 Å². The first-order chi connectivity index (χ1) is 11.1. The summed E-state index contributed by atoms with van der Waals surface area (Å²) < 4.78 is 7.31. The van der Waals surface area contributed by atoms with Crippen LogP contribution in [0.4, 0.5) is 5.82 Å². The highest BCUT2D eigenvalue weighted by Crippen LogP contribution is 2.43. The maximum atomic E-state index is 11.8. The lowest BCUT2D eigenvalue weighted by Crippen LogP contribution is -2.06. The van der Waals surface area contributed by atoms with Gasteiger partial charge in [0, 0.05) is 23.6 Å². The van der Waals surface area contributed by atoms with Crippen LogP contribution >= 0.6 is 0 Å². The lowest BCUT2D eigenvalue weighted by molar-refractivity contribution is 0.111. The Hall–Kier alpha value is -2.70. The molecular formula is C16H17N5O2. The average molecular weight is 311 g/mol. The highest BCUT2D eigenvalue weighted by molar-refractivity contribution is 6.07. The van der Waals surface area contributed by atoms with Gasteiger partial charge in [0.1, 0.15) is 29.2 Å². The van der Waals surface area contributed by atoms with Crippen LogP contribution in [0.2, 0.25) is 0 Å². The van der Waals surface area contributed by atoms with E-state index in [4.69, 9.17) is 10.3 Å². The Kier molecular flexibility index (Phi) is 2.97. The normalized spacial score (nSPS) is 14.7. The van der Waals surface area contributed by atoms with E-state index in [1.165, 1.54) is 6.33 Å². The molecular weight excluding hydrogens is 294 g/mol. The Balaban J connectivity index is 2.05. The van der Waals surface area contributed by atoms with E-state index >= 15 is 0 Å². The lowest BCUT2D eigenvalue weighted by atomic mass is 10.1. The molecule has 7 heteroatoms. The number of nitrogens with two attached hydrogens (primary N) is 1. The summed E-state index contributed by atoms with van der Waals surface area (Å²) in [6, 6.07) is 1.95. The van der Waals surface area contributed by atoms with E-state index in [9.17, 15) is 4.79 Å². The van der Waals surface area contributed by atoms with Crippen molar-refractivity contribution in [3.63, 3.8) is 0 Å². The van der Waals surface area contributed by atoms with Gasteiger partial charge < -0.3 is 14.8 Å². The quantitative estimate of drug-likeness (QED) is 0.743. The van der Waals surface area contributed by atoms with Gasteiger partial charge in [-0.3, -0.25) is 4.79 Å². The van der Waals surface area contributed by atoms with Gasteiger partial charge in [-0.1, -0.05) is 5.16 Å². The molecule has 0 saturated heterocycles. The van der Waals surface area contributed by atoms with E-state index in [0.29, 0.717) is 39.7 Å². The van der Waals surface area contributed by atoms with Crippen LogP contribution in [0, 0.1) is 0 Å². The Morgan fingerprint density at radius 2 is 2.17 bits per heavy atom. The molecule has 23 heavy (non-hydrogen) atoms. The fourth-order valence-corrected chi connectivity index (χ4v) is 3.04. The van der Waals surface area contributed by atoms with Crippen molar-refractivity contribution in [2.24, 2.45) is 0 Å². The standard InChI is InChI=1S/C16H17N5O2/c1-8(2)21-11(6-22)13(14-15(17)18-7-19-16(14)21)10-5-12(23-20-10)9-3-4-9/h5-9H,3-4H2,1-2H3,(H2,17,18,19). The van der Waals surface area contributed by atoms with Gasteiger partial charge in [-0.25, -0.2) is 9.97 Å². The maximum Gasteiger partial charge on any atom is 0.167 e. The highest BCUT2D eigenvalue weighted by Gasteiger charge is 2.30. The third-order valence-electron chi connectivity index (χ3n) is 4.24.